The minimum Gasteiger partial charge on any atom is -0.394 e. The lowest BCUT2D eigenvalue weighted by Crippen LogP contribution is -2.47. The third-order valence-electron chi connectivity index (χ3n) is 3.70. The number of hydrogen-bond acceptors (Lipinski definition) is 4. The van der Waals surface area contributed by atoms with E-state index in [4.69, 9.17) is 4.74 Å². The van der Waals surface area contributed by atoms with E-state index in [9.17, 15) is 14.7 Å². The van der Waals surface area contributed by atoms with Crippen molar-refractivity contribution in [1.29, 1.82) is 0 Å². The Morgan fingerprint density at radius 3 is 2.41 bits per heavy atom. The van der Waals surface area contributed by atoms with Gasteiger partial charge in [0, 0.05) is 13.5 Å². The number of ether oxygens (including phenoxy) is 1. The molecule has 1 aliphatic rings. The first-order chi connectivity index (χ1) is 7.88. The van der Waals surface area contributed by atoms with Crippen LogP contribution in [0.15, 0.2) is 0 Å². The van der Waals surface area contributed by atoms with E-state index in [-0.39, 0.29) is 37.4 Å². The number of likely N-dealkylation sites (tertiary alicyclic amines) is 1. The maximum atomic E-state index is 12.3. The summed E-state index contributed by atoms with van der Waals surface area (Å²) >= 11 is 0. The molecule has 0 aliphatic carbocycles. The highest BCUT2D eigenvalue weighted by molar-refractivity contribution is 6.06. The average molecular weight is 243 g/mol. The number of hydrogen-bond donors (Lipinski definition) is 1. The van der Waals surface area contributed by atoms with E-state index in [0.29, 0.717) is 0 Å². The fraction of sp³-hybridized carbons (Fsp3) is 0.833. The van der Waals surface area contributed by atoms with Gasteiger partial charge in [0.25, 0.3) is 0 Å². The maximum Gasteiger partial charge on any atom is 0.236 e. The molecule has 0 aromatic heterocycles. The van der Waals surface area contributed by atoms with Crippen LogP contribution >= 0.6 is 0 Å². The van der Waals surface area contributed by atoms with Crippen LogP contribution in [-0.4, -0.2) is 48.2 Å². The zero-order valence-corrected chi connectivity index (χ0v) is 10.9. The fourth-order valence-electron chi connectivity index (χ4n) is 2.09. The minimum absolute atomic E-state index is 0.0887. The summed E-state index contributed by atoms with van der Waals surface area (Å²) in [6.45, 7) is 5.57. The van der Waals surface area contributed by atoms with Gasteiger partial charge in [-0.3, -0.25) is 14.5 Å². The summed E-state index contributed by atoms with van der Waals surface area (Å²) in [5, 5.41) is 9.24. The molecule has 1 rings (SSSR count). The van der Waals surface area contributed by atoms with Gasteiger partial charge in [-0.25, -0.2) is 0 Å². The smallest absolute Gasteiger partial charge is 0.236 e. The van der Waals surface area contributed by atoms with Crippen LogP contribution in [0.2, 0.25) is 0 Å². The highest BCUT2D eigenvalue weighted by Gasteiger charge is 2.51. The average Bonchev–Trinajstić information content (AvgIpc) is 2.49. The highest BCUT2D eigenvalue weighted by Crippen LogP contribution is 2.39. The first-order valence-electron chi connectivity index (χ1n) is 5.84. The van der Waals surface area contributed by atoms with Crippen LogP contribution < -0.4 is 0 Å². The van der Waals surface area contributed by atoms with Gasteiger partial charge in [-0.05, 0) is 12.8 Å². The van der Waals surface area contributed by atoms with Crippen molar-refractivity contribution in [3.63, 3.8) is 0 Å². The normalized spacial score (nSPS) is 27.1. The van der Waals surface area contributed by atoms with Crippen molar-refractivity contribution in [3.05, 3.63) is 0 Å². The minimum atomic E-state index is -0.655. The zero-order valence-electron chi connectivity index (χ0n) is 10.9. The van der Waals surface area contributed by atoms with Crippen molar-refractivity contribution in [3.8, 4) is 0 Å². The molecule has 1 saturated heterocycles. The molecule has 0 radical (unpaired) electrons. The Labute approximate surface area is 102 Å². The Kier molecular flexibility index (Phi) is 4.27. The van der Waals surface area contributed by atoms with Crippen molar-refractivity contribution in [2.75, 3.05) is 20.3 Å². The van der Waals surface area contributed by atoms with Gasteiger partial charge in [-0.1, -0.05) is 13.8 Å². The number of methoxy groups -OCH3 is 1. The van der Waals surface area contributed by atoms with Crippen LogP contribution in [0.1, 0.15) is 27.2 Å². The quantitative estimate of drug-likeness (QED) is 0.710. The Morgan fingerprint density at radius 1 is 1.47 bits per heavy atom. The second kappa shape index (κ2) is 5.14. The summed E-state index contributed by atoms with van der Waals surface area (Å²) in [5.41, 5.74) is -0.655. The van der Waals surface area contributed by atoms with Gasteiger partial charge < -0.3 is 9.84 Å². The van der Waals surface area contributed by atoms with Crippen LogP contribution in [-0.2, 0) is 14.3 Å². The summed E-state index contributed by atoms with van der Waals surface area (Å²) in [4.78, 5) is 25.4. The number of nitrogens with zero attached hydrogens (tertiary/aromatic N) is 1. The Hall–Kier alpha value is -0.940. The van der Waals surface area contributed by atoms with Crippen molar-refractivity contribution in [2.45, 2.75) is 33.2 Å². The van der Waals surface area contributed by atoms with Gasteiger partial charge in [0.2, 0.25) is 11.8 Å². The largest absolute Gasteiger partial charge is 0.394 e. The summed E-state index contributed by atoms with van der Waals surface area (Å²) in [7, 11) is 1.48. The summed E-state index contributed by atoms with van der Waals surface area (Å²) in [6.07, 6.45) is 0.212. The van der Waals surface area contributed by atoms with Crippen molar-refractivity contribution < 1.29 is 19.4 Å². The predicted octanol–water partition coefficient (Wildman–Crippen LogP) is 0.415. The lowest BCUT2D eigenvalue weighted by molar-refractivity contribution is -0.147. The first-order valence-corrected chi connectivity index (χ1v) is 5.84. The number of amides is 2. The van der Waals surface area contributed by atoms with Gasteiger partial charge in [-0.15, -0.1) is 0 Å². The van der Waals surface area contributed by atoms with Crippen molar-refractivity contribution in [2.24, 2.45) is 11.3 Å². The molecule has 0 aromatic carbocycles. The molecule has 5 nitrogen and oxygen atoms in total. The third-order valence-corrected chi connectivity index (χ3v) is 3.70. The number of aliphatic hydroxyl groups excluding tert-OH is 1. The number of rotatable bonds is 5. The van der Waals surface area contributed by atoms with E-state index in [1.165, 1.54) is 12.0 Å². The summed E-state index contributed by atoms with van der Waals surface area (Å²) in [6, 6.07) is -0.569. The molecule has 1 heterocycles. The van der Waals surface area contributed by atoms with Gasteiger partial charge in [0.1, 0.15) is 0 Å². The molecule has 0 saturated carbocycles. The molecular formula is C12H21NO4. The van der Waals surface area contributed by atoms with E-state index in [1.807, 2.05) is 13.8 Å². The molecule has 2 atom stereocenters. The molecule has 17 heavy (non-hydrogen) atoms. The lowest BCUT2D eigenvalue weighted by Gasteiger charge is -2.29. The van der Waals surface area contributed by atoms with Gasteiger partial charge in [-0.2, -0.15) is 0 Å². The Morgan fingerprint density at radius 2 is 2.06 bits per heavy atom. The zero-order chi connectivity index (χ0) is 13.2. The second-order valence-corrected chi connectivity index (χ2v) is 5.11. The molecule has 2 amide bonds. The molecule has 0 spiro atoms. The van der Waals surface area contributed by atoms with E-state index in [0.717, 1.165) is 0 Å². The fourth-order valence-corrected chi connectivity index (χ4v) is 2.09. The first kappa shape index (κ1) is 14.1. The van der Waals surface area contributed by atoms with Crippen LogP contribution in [0.4, 0.5) is 0 Å². The SMILES string of the molecule is COCC(CO)N1C(=O)CC(C)(C(C)C)C1=O. The highest BCUT2D eigenvalue weighted by atomic mass is 16.5. The molecule has 2 unspecified atom stereocenters. The standard InChI is InChI=1S/C12H21NO4/c1-8(2)12(3)5-10(15)13(11(12)16)9(6-14)7-17-4/h8-9,14H,5-7H2,1-4H3. The van der Waals surface area contributed by atoms with E-state index in [1.54, 1.807) is 6.92 Å². The maximum absolute atomic E-state index is 12.3. The molecule has 5 heteroatoms. The van der Waals surface area contributed by atoms with E-state index < -0.39 is 11.5 Å². The summed E-state index contributed by atoms with van der Waals surface area (Å²) < 4.78 is 4.93. The molecular weight excluding hydrogens is 222 g/mol. The monoisotopic (exact) mass is 243 g/mol. The van der Waals surface area contributed by atoms with Crippen molar-refractivity contribution in [1.82, 2.24) is 4.90 Å². The summed E-state index contributed by atoms with van der Waals surface area (Å²) in [5.74, 6) is -0.332. The van der Waals surface area contributed by atoms with Crippen LogP contribution in [0.3, 0.4) is 0 Å². The lowest BCUT2D eigenvalue weighted by atomic mass is 9.78. The van der Waals surface area contributed by atoms with Crippen molar-refractivity contribution >= 4 is 11.8 Å². The topological polar surface area (TPSA) is 66.8 Å². The number of imide groups is 1. The molecule has 1 N–H and O–H groups in total. The van der Waals surface area contributed by atoms with Gasteiger partial charge in [0.05, 0.1) is 24.7 Å². The Balaban J connectivity index is 2.96. The molecule has 98 valence electrons. The van der Waals surface area contributed by atoms with Crippen LogP contribution in [0.25, 0.3) is 0 Å². The number of carbonyl (C=O) groups is 2. The number of aliphatic hydroxyl groups is 1. The van der Waals surface area contributed by atoms with E-state index >= 15 is 0 Å². The van der Waals surface area contributed by atoms with Gasteiger partial charge in [0.15, 0.2) is 0 Å². The van der Waals surface area contributed by atoms with Crippen LogP contribution in [0, 0.1) is 11.3 Å². The second-order valence-electron chi connectivity index (χ2n) is 5.11. The Bertz CT molecular complexity index is 316. The number of carbonyl (C=O) groups excluding carboxylic acids is 2. The van der Waals surface area contributed by atoms with Crippen LogP contribution in [0.5, 0.6) is 0 Å². The third kappa shape index (κ3) is 2.35. The predicted molar refractivity (Wildman–Crippen MR) is 62.2 cm³/mol. The molecule has 0 bridgehead atoms. The molecule has 1 fully saturated rings. The molecule has 1 aliphatic heterocycles. The molecule has 0 aromatic rings. The van der Waals surface area contributed by atoms with Gasteiger partial charge >= 0.3 is 0 Å². The van der Waals surface area contributed by atoms with E-state index in [2.05, 4.69) is 0 Å².